The molecule has 0 aromatic carbocycles. The number of nitrogens with zero attached hydrogens (tertiary/aromatic N) is 1. The average molecular weight is 260 g/mol. The van der Waals surface area contributed by atoms with Gasteiger partial charge >= 0.3 is 12.0 Å². The Labute approximate surface area is 106 Å². The monoisotopic (exact) mass is 260 g/mol. The van der Waals surface area contributed by atoms with E-state index in [1.807, 2.05) is 13.8 Å². The van der Waals surface area contributed by atoms with Crippen LogP contribution in [0.15, 0.2) is 0 Å². The van der Waals surface area contributed by atoms with Crippen LogP contribution in [0, 0.1) is 0 Å². The smallest absolute Gasteiger partial charge is 0.327 e. The Bertz CT molecular complexity index is 307. The average Bonchev–Trinajstić information content (AvgIpc) is 2.64. The number of thioether (sulfide) groups is 1. The van der Waals surface area contributed by atoms with Crippen LogP contribution in [-0.2, 0) is 4.79 Å². The van der Waals surface area contributed by atoms with Gasteiger partial charge in [0, 0.05) is 11.3 Å². The van der Waals surface area contributed by atoms with Crippen LogP contribution in [-0.4, -0.2) is 45.2 Å². The fourth-order valence-corrected chi connectivity index (χ4v) is 3.04. The van der Waals surface area contributed by atoms with E-state index in [1.165, 1.54) is 16.7 Å². The van der Waals surface area contributed by atoms with Crippen molar-refractivity contribution in [2.45, 2.75) is 45.2 Å². The van der Waals surface area contributed by atoms with Crippen LogP contribution < -0.4 is 5.32 Å². The largest absolute Gasteiger partial charge is 0.480 e. The minimum absolute atomic E-state index is 0.277. The molecule has 0 aliphatic carbocycles. The first kappa shape index (κ1) is 14.2. The molecule has 0 bridgehead atoms. The van der Waals surface area contributed by atoms with Crippen molar-refractivity contribution in [3.8, 4) is 0 Å². The fourth-order valence-electron chi connectivity index (χ4n) is 1.90. The second-order valence-electron chi connectivity index (χ2n) is 4.89. The van der Waals surface area contributed by atoms with E-state index in [9.17, 15) is 9.59 Å². The first-order valence-corrected chi connectivity index (χ1v) is 6.92. The number of carboxylic acids is 1. The third-order valence-electron chi connectivity index (χ3n) is 2.75. The van der Waals surface area contributed by atoms with Crippen molar-refractivity contribution >= 4 is 23.8 Å². The fraction of sp³-hybridized carbons (Fsp3) is 0.818. The van der Waals surface area contributed by atoms with E-state index in [4.69, 9.17) is 5.11 Å². The molecule has 0 radical (unpaired) electrons. The second-order valence-corrected chi connectivity index (χ2v) is 5.89. The molecule has 98 valence electrons. The third kappa shape index (κ3) is 3.80. The topological polar surface area (TPSA) is 69.6 Å². The Morgan fingerprint density at radius 3 is 2.71 bits per heavy atom. The maximum Gasteiger partial charge on any atom is 0.327 e. The zero-order valence-electron chi connectivity index (χ0n) is 10.5. The number of carbonyl (C=O) groups excluding carboxylic acids is 1. The van der Waals surface area contributed by atoms with E-state index in [1.54, 1.807) is 0 Å². The molecular formula is C11H20N2O3S. The minimum atomic E-state index is -0.932. The van der Waals surface area contributed by atoms with Gasteiger partial charge in [0.2, 0.25) is 0 Å². The molecule has 1 aliphatic rings. The highest BCUT2D eigenvalue weighted by molar-refractivity contribution is 7.99. The molecule has 0 spiro atoms. The van der Waals surface area contributed by atoms with Gasteiger partial charge in [0.25, 0.3) is 0 Å². The first-order chi connectivity index (χ1) is 7.87. The quantitative estimate of drug-likeness (QED) is 0.807. The maximum atomic E-state index is 12.0. The molecule has 1 atom stereocenters. The summed E-state index contributed by atoms with van der Waals surface area (Å²) >= 11 is 1.47. The van der Waals surface area contributed by atoms with Crippen molar-refractivity contribution in [3.05, 3.63) is 0 Å². The highest BCUT2D eigenvalue weighted by Crippen LogP contribution is 2.22. The highest BCUT2D eigenvalue weighted by Gasteiger charge is 2.36. The maximum absolute atomic E-state index is 12.0. The number of rotatable bonds is 4. The van der Waals surface area contributed by atoms with Crippen LogP contribution in [0.3, 0.4) is 0 Å². The SMILES string of the molecule is CCCC(C)(C)NC(=O)N1CSCC1C(=O)O. The number of urea groups is 1. The lowest BCUT2D eigenvalue weighted by Gasteiger charge is -2.30. The van der Waals surface area contributed by atoms with Gasteiger partial charge in [-0.2, -0.15) is 0 Å². The zero-order valence-corrected chi connectivity index (χ0v) is 11.3. The van der Waals surface area contributed by atoms with Gasteiger partial charge in [0.1, 0.15) is 6.04 Å². The van der Waals surface area contributed by atoms with Crippen LogP contribution >= 0.6 is 11.8 Å². The third-order valence-corrected chi connectivity index (χ3v) is 3.76. The van der Waals surface area contributed by atoms with Gasteiger partial charge in [-0.1, -0.05) is 13.3 Å². The first-order valence-electron chi connectivity index (χ1n) is 5.76. The minimum Gasteiger partial charge on any atom is -0.480 e. The van der Waals surface area contributed by atoms with Crippen LogP contribution in [0.5, 0.6) is 0 Å². The predicted octanol–water partition coefficient (Wildman–Crippen LogP) is 1.73. The van der Waals surface area contributed by atoms with Crippen molar-refractivity contribution < 1.29 is 14.7 Å². The lowest BCUT2D eigenvalue weighted by atomic mass is 9.99. The van der Waals surface area contributed by atoms with E-state index < -0.39 is 12.0 Å². The Morgan fingerprint density at radius 2 is 2.18 bits per heavy atom. The summed E-state index contributed by atoms with van der Waals surface area (Å²) in [6.45, 7) is 5.96. The number of aliphatic carboxylic acids is 1. The zero-order chi connectivity index (χ0) is 13.1. The summed E-state index contributed by atoms with van der Waals surface area (Å²) < 4.78 is 0. The van der Waals surface area contributed by atoms with Crippen molar-refractivity contribution in [3.63, 3.8) is 0 Å². The Morgan fingerprint density at radius 1 is 1.53 bits per heavy atom. The molecule has 2 N–H and O–H groups in total. The van der Waals surface area contributed by atoms with Gasteiger partial charge in [-0.25, -0.2) is 9.59 Å². The van der Waals surface area contributed by atoms with Crippen LogP contribution in [0.4, 0.5) is 4.79 Å². The van der Waals surface area contributed by atoms with E-state index in [2.05, 4.69) is 12.2 Å². The summed E-state index contributed by atoms with van der Waals surface area (Å²) in [7, 11) is 0. The molecule has 0 aromatic rings. The molecule has 17 heavy (non-hydrogen) atoms. The van der Waals surface area contributed by atoms with Crippen molar-refractivity contribution in [1.82, 2.24) is 10.2 Å². The molecule has 1 unspecified atom stereocenters. The summed E-state index contributed by atoms with van der Waals surface area (Å²) in [4.78, 5) is 24.4. The summed E-state index contributed by atoms with van der Waals surface area (Å²) in [6.07, 6.45) is 1.85. The van der Waals surface area contributed by atoms with Crippen LogP contribution in [0.25, 0.3) is 0 Å². The molecule has 0 aromatic heterocycles. The molecule has 2 amide bonds. The highest BCUT2D eigenvalue weighted by atomic mass is 32.2. The molecule has 1 rings (SSSR count). The molecule has 5 nitrogen and oxygen atoms in total. The number of hydrogen-bond acceptors (Lipinski definition) is 3. The summed E-state index contributed by atoms with van der Waals surface area (Å²) in [6, 6.07) is -0.974. The van der Waals surface area contributed by atoms with Gasteiger partial charge in [-0.3, -0.25) is 0 Å². The van der Waals surface area contributed by atoms with Gasteiger partial charge in [0.05, 0.1) is 5.88 Å². The Hall–Kier alpha value is -0.910. The molecule has 1 fully saturated rings. The molecule has 1 saturated heterocycles. The predicted molar refractivity (Wildman–Crippen MR) is 68.1 cm³/mol. The summed E-state index contributed by atoms with van der Waals surface area (Å²) in [5.41, 5.74) is -0.290. The van der Waals surface area contributed by atoms with E-state index >= 15 is 0 Å². The standard InChI is InChI=1S/C11H20N2O3S/c1-4-5-11(2,3)12-10(16)13-7-17-6-8(13)9(14)15/h8H,4-7H2,1-3H3,(H,12,16)(H,14,15). The van der Waals surface area contributed by atoms with Gasteiger partial charge in [-0.15, -0.1) is 11.8 Å². The van der Waals surface area contributed by atoms with Crippen LogP contribution in [0.1, 0.15) is 33.6 Å². The Kier molecular flexibility index (Phi) is 4.68. The number of hydrogen-bond donors (Lipinski definition) is 2. The molecule has 1 heterocycles. The molecule has 6 heteroatoms. The Balaban J connectivity index is 2.61. The van der Waals surface area contributed by atoms with E-state index in [0.29, 0.717) is 11.6 Å². The van der Waals surface area contributed by atoms with Gasteiger partial charge < -0.3 is 15.3 Å². The van der Waals surface area contributed by atoms with Crippen molar-refractivity contribution in [2.24, 2.45) is 0 Å². The number of amides is 2. The van der Waals surface area contributed by atoms with E-state index in [0.717, 1.165) is 12.8 Å². The number of carboxylic acid groups (broad SMARTS) is 1. The number of carbonyl (C=O) groups is 2. The van der Waals surface area contributed by atoms with E-state index in [-0.39, 0.29) is 11.6 Å². The second kappa shape index (κ2) is 5.62. The van der Waals surface area contributed by atoms with Gasteiger partial charge in [0.15, 0.2) is 0 Å². The molecule has 0 saturated carbocycles. The summed E-state index contributed by atoms with van der Waals surface area (Å²) in [5, 5.41) is 11.9. The van der Waals surface area contributed by atoms with Crippen molar-refractivity contribution in [1.29, 1.82) is 0 Å². The van der Waals surface area contributed by atoms with Crippen LogP contribution in [0.2, 0.25) is 0 Å². The lowest BCUT2D eigenvalue weighted by molar-refractivity contribution is -0.140. The normalized spacial score (nSPS) is 20.4. The number of nitrogens with one attached hydrogen (secondary N) is 1. The van der Waals surface area contributed by atoms with Gasteiger partial charge in [-0.05, 0) is 20.3 Å². The van der Waals surface area contributed by atoms with Crippen molar-refractivity contribution in [2.75, 3.05) is 11.6 Å². The lowest BCUT2D eigenvalue weighted by Crippen LogP contribution is -2.53. The summed E-state index contributed by atoms with van der Waals surface area (Å²) in [5.74, 6) is -0.0134. The molecular weight excluding hydrogens is 240 g/mol. The molecule has 1 aliphatic heterocycles.